The fourth-order valence-electron chi connectivity index (χ4n) is 1.99. The Hall–Kier alpha value is -2.69. The molecule has 2 aromatic heterocycles. The van der Waals surface area contributed by atoms with Crippen molar-refractivity contribution >= 4 is 11.0 Å². The molecular formula is C14H12N4O. The molecule has 2 heterocycles. The number of aromatic nitrogens is 4. The highest BCUT2D eigenvalue weighted by Gasteiger charge is 2.12. The number of aromatic amines is 1. The lowest BCUT2D eigenvalue weighted by Gasteiger charge is -2.04. The minimum Gasteiger partial charge on any atom is -0.326 e. The van der Waals surface area contributed by atoms with E-state index < -0.39 is 0 Å². The van der Waals surface area contributed by atoms with Crippen molar-refractivity contribution in [2.45, 2.75) is 6.54 Å². The summed E-state index contributed by atoms with van der Waals surface area (Å²) in [5, 5.41) is 0. The molecule has 94 valence electrons. The maximum absolute atomic E-state index is 12.1. The van der Waals surface area contributed by atoms with Gasteiger partial charge in [0.15, 0.2) is 11.5 Å². The van der Waals surface area contributed by atoms with Crippen molar-refractivity contribution in [3.8, 4) is 11.5 Å². The van der Waals surface area contributed by atoms with E-state index >= 15 is 0 Å². The van der Waals surface area contributed by atoms with Crippen molar-refractivity contribution < 1.29 is 0 Å². The van der Waals surface area contributed by atoms with Crippen LogP contribution in [0.1, 0.15) is 0 Å². The molecule has 0 atom stereocenters. The molecule has 0 radical (unpaired) electrons. The molecule has 5 nitrogen and oxygen atoms in total. The SMILES string of the molecule is C=CCn1ccnc1-c1nc2ccccc2[nH]c1=O. The zero-order valence-corrected chi connectivity index (χ0v) is 10.2. The van der Waals surface area contributed by atoms with Gasteiger partial charge in [0.25, 0.3) is 5.56 Å². The number of para-hydroxylation sites is 2. The van der Waals surface area contributed by atoms with E-state index in [0.717, 1.165) is 11.0 Å². The van der Waals surface area contributed by atoms with Crippen LogP contribution in [0.4, 0.5) is 0 Å². The van der Waals surface area contributed by atoms with Crippen LogP contribution in [0.5, 0.6) is 0 Å². The summed E-state index contributed by atoms with van der Waals surface area (Å²) in [6.07, 6.45) is 5.20. The van der Waals surface area contributed by atoms with Crippen molar-refractivity contribution in [3.05, 3.63) is 59.7 Å². The van der Waals surface area contributed by atoms with E-state index in [0.29, 0.717) is 18.1 Å². The van der Waals surface area contributed by atoms with Crippen LogP contribution in [0.15, 0.2) is 54.1 Å². The highest BCUT2D eigenvalue weighted by Crippen LogP contribution is 2.14. The molecule has 0 fully saturated rings. The molecule has 5 heteroatoms. The molecule has 3 rings (SSSR count). The Balaban J connectivity index is 2.24. The predicted molar refractivity (Wildman–Crippen MR) is 73.8 cm³/mol. The van der Waals surface area contributed by atoms with Crippen molar-refractivity contribution in [3.63, 3.8) is 0 Å². The fourth-order valence-corrected chi connectivity index (χ4v) is 1.99. The number of rotatable bonds is 3. The quantitative estimate of drug-likeness (QED) is 0.725. The number of nitrogens with one attached hydrogen (secondary N) is 1. The summed E-state index contributed by atoms with van der Waals surface area (Å²) in [6, 6.07) is 7.42. The summed E-state index contributed by atoms with van der Waals surface area (Å²) in [4.78, 5) is 23.5. The zero-order chi connectivity index (χ0) is 13.2. The number of hydrogen-bond donors (Lipinski definition) is 1. The first-order valence-electron chi connectivity index (χ1n) is 5.91. The van der Waals surface area contributed by atoms with Gasteiger partial charge in [-0.25, -0.2) is 9.97 Å². The second-order valence-electron chi connectivity index (χ2n) is 4.12. The van der Waals surface area contributed by atoms with Gasteiger partial charge in [-0.15, -0.1) is 6.58 Å². The smallest absolute Gasteiger partial charge is 0.278 e. The number of H-pyrrole nitrogens is 1. The van der Waals surface area contributed by atoms with Crippen molar-refractivity contribution in [1.82, 2.24) is 19.5 Å². The van der Waals surface area contributed by atoms with Crippen molar-refractivity contribution in [2.24, 2.45) is 0 Å². The topological polar surface area (TPSA) is 63.6 Å². The molecule has 0 bridgehead atoms. The van der Waals surface area contributed by atoms with Gasteiger partial charge in [-0.3, -0.25) is 4.79 Å². The molecule has 0 aliphatic carbocycles. The fraction of sp³-hybridized carbons (Fsp3) is 0.0714. The summed E-state index contributed by atoms with van der Waals surface area (Å²) in [7, 11) is 0. The van der Waals surface area contributed by atoms with Crippen LogP contribution in [0, 0.1) is 0 Å². The second kappa shape index (κ2) is 4.53. The van der Waals surface area contributed by atoms with E-state index in [9.17, 15) is 4.79 Å². The van der Waals surface area contributed by atoms with Gasteiger partial charge in [0.2, 0.25) is 0 Å². The van der Waals surface area contributed by atoms with E-state index in [1.54, 1.807) is 18.5 Å². The standard InChI is InChI=1S/C14H12N4O/c1-2-8-18-9-7-15-13(18)12-14(19)17-11-6-4-3-5-10(11)16-12/h2-7,9H,1,8H2,(H,17,19). The first-order chi connectivity index (χ1) is 9.29. The maximum Gasteiger partial charge on any atom is 0.278 e. The van der Waals surface area contributed by atoms with Crippen LogP contribution >= 0.6 is 0 Å². The van der Waals surface area contributed by atoms with Gasteiger partial charge < -0.3 is 9.55 Å². The van der Waals surface area contributed by atoms with Crippen LogP contribution < -0.4 is 5.56 Å². The largest absolute Gasteiger partial charge is 0.326 e. The normalized spacial score (nSPS) is 10.7. The zero-order valence-electron chi connectivity index (χ0n) is 10.2. The first-order valence-corrected chi connectivity index (χ1v) is 5.91. The number of imidazole rings is 1. The van der Waals surface area contributed by atoms with Crippen molar-refractivity contribution in [1.29, 1.82) is 0 Å². The third-order valence-electron chi connectivity index (χ3n) is 2.85. The first kappa shape index (κ1) is 11.4. The monoisotopic (exact) mass is 252 g/mol. The predicted octanol–water partition coefficient (Wildman–Crippen LogP) is 1.97. The average molecular weight is 252 g/mol. The molecule has 19 heavy (non-hydrogen) atoms. The summed E-state index contributed by atoms with van der Waals surface area (Å²) in [5.41, 5.74) is 1.55. The minimum atomic E-state index is -0.241. The van der Waals surface area contributed by atoms with E-state index in [1.807, 2.05) is 28.8 Å². The van der Waals surface area contributed by atoms with Crippen LogP contribution in [0.2, 0.25) is 0 Å². The molecule has 0 saturated heterocycles. The van der Waals surface area contributed by atoms with Gasteiger partial charge in [0, 0.05) is 18.9 Å². The van der Waals surface area contributed by atoms with E-state index in [-0.39, 0.29) is 5.56 Å². The van der Waals surface area contributed by atoms with E-state index in [4.69, 9.17) is 0 Å². The molecule has 1 N–H and O–H groups in total. The molecular weight excluding hydrogens is 240 g/mol. The average Bonchev–Trinajstić information content (AvgIpc) is 2.86. The highest BCUT2D eigenvalue weighted by molar-refractivity contribution is 5.75. The summed E-state index contributed by atoms with van der Waals surface area (Å²) < 4.78 is 1.83. The lowest BCUT2D eigenvalue weighted by atomic mass is 10.3. The van der Waals surface area contributed by atoms with Crippen molar-refractivity contribution in [2.75, 3.05) is 0 Å². The molecule has 0 saturated carbocycles. The third-order valence-corrected chi connectivity index (χ3v) is 2.85. The Bertz CT molecular complexity index is 800. The lowest BCUT2D eigenvalue weighted by molar-refractivity contribution is 0.826. The van der Waals surface area contributed by atoms with Gasteiger partial charge in [0.05, 0.1) is 11.0 Å². The van der Waals surface area contributed by atoms with Gasteiger partial charge in [-0.05, 0) is 12.1 Å². The van der Waals surface area contributed by atoms with Crippen LogP contribution in [-0.4, -0.2) is 19.5 Å². The number of nitrogens with zero attached hydrogens (tertiary/aromatic N) is 3. The molecule has 0 amide bonds. The Labute approximate surface area is 109 Å². The Morgan fingerprint density at radius 3 is 3.05 bits per heavy atom. The number of fused-ring (bicyclic) bond motifs is 1. The van der Waals surface area contributed by atoms with Gasteiger partial charge in [-0.1, -0.05) is 18.2 Å². The van der Waals surface area contributed by atoms with Gasteiger partial charge >= 0.3 is 0 Å². The summed E-state index contributed by atoms with van der Waals surface area (Å²) in [6.45, 7) is 4.27. The van der Waals surface area contributed by atoms with E-state index in [1.165, 1.54) is 0 Å². The Morgan fingerprint density at radius 2 is 2.21 bits per heavy atom. The minimum absolute atomic E-state index is 0.241. The number of allylic oxidation sites excluding steroid dienone is 1. The number of hydrogen-bond acceptors (Lipinski definition) is 3. The van der Waals surface area contributed by atoms with Crippen LogP contribution in [-0.2, 0) is 6.54 Å². The highest BCUT2D eigenvalue weighted by atomic mass is 16.1. The second-order valence-corrected chi connectivity index (χ2v) is 4.12. The molecule has 3 aromatic rings. The molecule has 0 aliphatic heterocycles. The summed E-state index contributed by atoms with van der Waals surface area (Å²) in [5.74, 6) is 0.548. The van der Waals surface area contributed by atoms with Gasteiger partial charge in [0.1, 0.15) is 0 Å². The van der Waals surface area contributed by atoms with Gasteiger partial charge in [-0.2, -0.15) is 0 Å². The lowest BCUT2D eigenvalue weighted by Crippen LogP contribution is -2.14. The molecule has 0 spiro atoms. The van der Waals surface area contributed by atoms with E-state index in [2.05, 4.69) is 21.5 Å². The maximum atomic E-state index is 12.1. The van der Waals surface area contributed by atoms with Crippen LogP contribution in [0.25, 0.3) is 22.6 Å². The molecule has 1 aromatic carbocycles. The third kappa shape index (κ3) is 1.95. The Kier molecular flexibility index (Phi) is 2.72. The molecule has 0 aliphatic rings. The molecule has 0 unspecified atom stereocenters. The van der Waals surface area contributed by atoms with Crippen LogP contribution in [0.3, 0.4) is 0 Å². The summed E-state index contributed by atoms with van der Waals surface area (Å²) >= 11 is 0. The Morgan fingerprint density at radius 1 is 1.37 bits per heavy atom. The number of benzene rings is 1.